The van der Waals surface area contributed by atoms with Crippen molar-refractivity contribution in [1.29, 1.82) is 0 Å². The maximum atomic E-state index is 11.9. The van der Waals surface area contributed by atoms with Gasteiger partial charge in [-0.2, -0.15) is 0 Å². The van der Waals surface area contributed by atoms with Gasteiger partial charge < -0.3 is 15.5 Å². The Balaban J connectivity index is 2.03. The van der Waals surface area contributed by atoms with E-state index in [1.54, 1.807) is 6.07 Å². The number of halogens is 1. The van der Waals surface area contributed by atoms with Crippen molar-refractivity contribution >= 4 is 27.8 Å². The predicted octanol–water partition coefficient (Wildman–Crippen LogP) is 2.14. The lowest BCUT2D eigenvalue weighted by molar-refractivity contribution is -0.153. The van der Waals surface area contributed by atoms with Crippen molar-refractivity contribution in [2.45, 2.75) is 19.3 Å². The standard InChI is InChI=1S/C13H14BrNO4/c14-8-2-3-9(10(16)6-8)11(17)15-7-13(12(18)19)4-1-5-13/h2-3,6,16H,1,4-5,7H2,(H,15,17)(H,18,19). The lowest BCUT2D eigenvalue weighted by Crippen LogP contribution is -2.47. The third-order valence-corrected chi connectivity index (χ3v) is 4.05. The van der Waals surface area contributed by atoms with Gasteiger partial charge in [-0.3, -0.25) is 9.59 Å². The summed E-state index contributed by atoms with van der Waals surface area (Å²) in [6.07, 6.45) is 2.02. The summed E-state index contributed by atoms with van der Waals surface area (Å²) in [5.74, 6) is -1.47. The van der Waals surface area contributed by atoms with Crippen LogP contribution < -0.4 is 5.32 Å². The zero-order chi connectivity index (χ0) is 14.0. The SMILES string of the molecule is O=C(NCC1(C(=O)O)CCC1)c1ccc(Br)cc1O. The number of aromatic hydroxyl groups is 1. The van der Waals surface area contributed by atoms with Gasteiger partial charge in [0.25, 0.3) is 5.91 Å². The molecule has 0 radical (unpaired) electrons. The maximum absolute atomic E-state index is 11.9. The number of amides is 1. The lowest BCUT2D eigenvalue weighted by Gasteiger charge is -2.37. The van der Waals surface area contributed by atoms with E-state index < -0.39 is 17.3 Å². The van der Waals surface area contributed by atoms with Gasteiger partial charge in [0.05, 0.1) is 11.0 Å². The number of carboxylic acid groups (broad SMARTS) is 1. The second-order valence-electron chi connectivity index (χ2n) is 4.78. The molecule has 0 spiro atoms. The van der Waals surface area contributed by atoms with E-state index in [1.165, 1.54) is 12.1 Å². The molecule has 0 atom stereocenters. The Morgan fingerprint density at radius 2 is 2.05 bits per heavy atom. The van der Waals surface area contributed by atoms with Crippen molar-refractivity contribution in [3.8, 4) is 5.75 Å². The molecule has 0 saturated heterocycles. The summed E-state index contributed by atoms with van der Waals surface area (Å²) >= 11 is 3.19. The molecule has 1 aromatic rings. The fourth-order valence-electron chi connectivity index (χ4n) is 2.11. The van der Waals surface area contributed by atoms with Gasteiger partial charge in [0, 0.05) is 11.0 Å². The molecule has 19 heavy (non-hydrogen) atoms. The van der Waals surface area contributed by atoms with Crippen LogP contribution in [-0.4, -0.2) is 28.6 Å². The van der Waals surface area contributed by atoms with Crippen LogP contribution in [0.5, 0.6) is 5.75 Å². The molecule has 5 nitrogen and oxygen atoms in total. The Labute approximate surface area is 118 Å². The van der Waals surface area contributed by atoms with Gasteiger partial charge >= 0.3 is 5.97 Å². The van der Waals surface area contributed by atoms with E-state index >= 15 is 0 Å². The molecule has 0 aliphatic heterocycles. The number of benzene rings is 1. The molecule has 2 rings (SSSR count). The highest BCUT2D eigenvalue weighted by atomic mass is 79.9. The number of nitrogens with one attached hydrogen (secondary N) is 1. The maximum Gasteiger partial charge on any atom is 0.311 e. The van der Waals surface area contributed by atoms with Crippen LogP contribution in [0.2, 0.25) is 0 Å². The number of hydrogen-bond donors (Lipinski definition) is 3. The van der Waals surface area contributed by atoms with Crippen LogP contribution in [0, 0.1) is 5.41 Å². The van der Waals surface area contributed by atoms with Crippen molar-refractivity contribution in [2.24, 2.45) is 5.41 Å². The molecule has 0 bridgehead atoms. The molecule has 1 aromatic carbocycles. The molecule has 1 saturated carbocycles. The van der Waals surface area contributed by atoms with Crippen LogP contribution in [0.3, 0.4) is 0 Å². The van der Waals surface area contributed by atoms with E-state index in [9.17, 15) is 14.7 Å². The van der Waals surface area contributed by atoms with Crippen LogP contribution in [0.15, 0.2) is 22.7 Å². The quantitative estimate of drug-likeness (QED) is 0.790. The fourth-order valence-corrected chi connectivity index (χ4v) is 2.46. The minimum absolute atomic E-state index is 0.0939. The van der Waals surface area contributed by atoms with E-state index in [4.69, 9.17) is 5.11 Å². The second kappa shape index (κ2) is 5.21. The van der Waals surface area contributed by atoms with E-state index in [0.717, 1.165) is 6.42 Å². The minimum atomic E-state index is -0.876. The summed E-state index contributed by atoms with van der Waals surface area (Å²) in [4.78, 5) is 23.1. The Kier molecular flexibility index (Phi) is 3.80. The van der Waals surface area contributed by atoms with Crippen molar-refractivity contribution in [3.05, 3.63) is 28.2 Å². The lowest BCUT2D eigenvalue weighted by atomic mass is 9.69. The number of carbonyl (C=O) groups is 2. The molecule has 102 valence electrons. The number of carbonyl (C=O) groups excluding carboxylic acids is 1. The van der Waals surface area contributed by atoms with Gasteiger partial charge in [0.2, 0.25) is 0 Å². The fraction of sp³-hybridized carbons (Fsp3) is 0.385. The van der Waals surface area contributed by atoms with Crippen molar-refractivity contribution in [2.75, 3.05) is 6.54 Å². The first kappa shape index (κ1) is 13.9. The predicted molar refractivity (Wildman–Crippen MR) is 72.1 cm³/mol. The molecule has 0 aromatic heterocycles. The Bertz CT molecular complexity index is 525. The number of hydrogen-bond acceptors (Lipinski definition) is 3. The van der Waals surface area contributed by atoms with Crippen molar-refractivity contribution < 1.29 is 19.8 Å². The van der Waals surface area contributed by atoms with E-state index in [1.807, 2.05) is 0 Å². The van der Waals surface area contributed by atoms with Gasteiger partial charge in [-0.05, 0) is 31.0 Å². The largest absolute Gasteiger partial charge is 0.507 e. The Hall–Kier alpha value is -1.56. The van der Waals surface area contributed by atoms with Gasteiger partial charge in [0.15, 0.2) is 0 Å². The zero-order valence-electron chi connectivity index (χ0n) is 10.1. The highest BCUT2D eigenvalue weighted by molar-refractivity contribution is 9.10. The summed E-state index contributed by atoms with van der Waals surface area (Å²) in [6, 6.07) is 4.55. The average molecular weight is 328 g/mol. The molecular weight excluding hydrogens is 314 g/mol. The Morgan fingerprint density at radius 3 is 2.53 bits per heavy atom. The molecule has 0 heterocycles. The summed E-state index contributed by atoms with van der Waals surface area (Å²) in [5, 5.41) is 21.4. The molecule has 1 amide bonds. The summed E-state index contributed by atoms with van der Waals surface area (Å²) in [5.41, 5.74) is -0.691. The number of aliphatic carboxylic acids is 1. The number of phenolic OH excluding ortho intramolecular Hbond substituents is 1. The van der Waals surface area contributed by atoms with Gasteiger partial charge in [0.1, 0.15) is 5.75 Å². The average Bonchev–Trinajstić information content (AvgIpc) is 2.26. The third-order valence-electron chi connectivity index (χ3n) is 3.56. The summed E-state index contributed by atoms with van der Waals surface area (Å²) in [6.45, 7) is 0.0939. The first-order chi connectivity index (χ1) is 8.94. The highest BCUT2D eigenvalue weighted by Crippen LogP contribution is 2.40. The first-order valence-corrected chi connectivity index (χ1v) is 6.74. The topological polar surface area (TPSA) is 86.6 Å². The summed E-state index contributed by atoms with van der Waals surface area (Å²) in [7, 11) is 0. The van der Waals surface area contributed by atoms with E-state index in [0.29, 0.717) is 17.3 Å². The number of carboxylic acids is 1. The van der Waals surface area contributed by atoms with Crippen molar-refractivity contribution in [1.82, 2.24) is 5.32 Å². The van der Waals surface area contributed by atoms with Crippen molar-refractivity contribution in [3.63, 3.8) is 0 Å². The van der Waals surface area contributed by atoms with Crippen LogP contribution in [0.1, 0.15) is 29.6 Å². The molecule has 6 heteroatoms. The molecule has 1 fully saturated rings. The van der Waals surface area contributed by atoms with E-state index in [-0.39, 0.29) is 17.9 Å². The third kappa shape index (κ3) is 2.73. The molecule has 1 aliphatic carbocycles. The van der Waals surface area contributed by atoms with Gasteiger partial charge in [-0.15, -0.1) is 0 Å². The molecule has 3 N–H and O–H groups in total. The molecule has 1 aliphatic rings. The van der Waals surface area contributed by atoms with Crippen LogP contribution in [0.25, 0.3) is 0 Å². The molecular formula is C13H14BrNO4. The second-order valence-corrected chi connectivity index (χ2v) is 5.70. The number of rotatable bonds is 4. The Morgan fingerprint density at radius 1 is 1.37 bits per heavy atom. The zero-order valence-corrected chi connectivity index (χ0v) is 11.7. The van der Waals surface area contributed by atoms with Crippen LogP contribution >= 0.6 is 15.9 Å². The number of phenols is 1. The first-order valence-electron chi connectivity index (χ1n) is 5.95. The van der Waals surface area contributed by atoms with E-state index in [2.05, 4.69) is 21.2 Å². The smallest absolute Gasteiger partial charge is 0.311 e. The normalized spacial score (nSPS) is 16.5. The highest BCUT2D eigenvalue weighted by Gasteiger charge is 2.44. The van der Waals surface area contributed by atoms with Gasteiger partial charge in [-0.1, -0.05) is 22.4 Å². The van der Waals surface area contributed by atoms with Gasteiger partial charge in [-0.25, -0.2) is 0 Å². The van der Waals surface area contributed by atoms with Crippen LogP contribution in [-0.2, 0) is 4.79 Å². The molecule has 0 unspecified atom stereocenters. The monoisotopic (exact) mass is 327 g/mol. The summed E-state index contributed by atoms with van der Waals surface area (Å²) < 4.78 is 0.669. The van der Waals surface area contributed by atoms with Crippen LogP contribution in [0.4, 0.5) is 0 Å². The minimum Gasteiger partial charge on any atom is -0.507 e.